The van der Waals surface area contributed by atoms with E-state index in [9.17, 15) is 8.78 Å². The van der Waals surface area contributed by atoms with Gasteiger partial charge in [-0.15, -0.1) is 0 Å². The third-order valence-corrected chi connectivity index (χ3v) is 7.92. The Morgan fingerprint density at radius 1 is 0.743 bits per heavy atom. The van der Waals surface area contributed by atoms with Crippen molar-refractivity contribution in [3.8, 4) is 16.9 Å². The van der Waals surface area contributed by atoms with Crippen LogP contribution in [0.25, 0.3) is 11.1 Å². The lowest BCUT2D eigenvalue weighted by molar-refractivity contribution is 0.124. The average molecular weight is 483 g/mol. The Morgan fingerprint density at radius 2 is 1.37 bits per heavy atom. The smallest absolute Gasteiger partial charge is 0.191 e. The van der Waals surface area contributed by atoms with E-state index in [1.807, 2.05) is 6.07 Å². The standard InChI is InChI=1S/C30H30F4O/c1-18-7-8-21-12-22(10-9-20(21)11-18)23-13-25(31)29(26(32)14-23)24-15-27(33)30(28(34)16-24)35-17-19-5-3-2-4-6-19/h2-6,13-16,18,20-22H,7-12,17H2,1H3/t18?,20-,21-,22-/m1/s1. The van der Waals surface area contributed by atoms with E-state index in [1.54, 1.807) is 24.3 Å². The second-order valence-corrected chi connectivity index (χ2v) is 10.4. The fourth-order valence-corrected chi connectivity index (χ4v) is 6.10. The van der Waals surface area contributed by atoms with Crippen molar-refractivity contribution >= 4 is 0 Å². The van der Waals surface area contributed by atoms with Gasteiger partial charge < -0.3 is 4.74 Å². The summed E-state index contributed by atoms with van der Waals surface area (Å²) in [6.45, 7) is 2.28. The maximum absolute atomic E-state index is 15.2. The van der Waals surface area contributed by atoms with E-state index in [0.717, 1.165) is 48.8 Å². The lowest BCUT2D eigenvalue weighted by Crippen LogP contribution is -2.29. The Morgan fingerprint density at radius 3 is 2.06 bits per heavy atom. The van der Waals surface area contributed by atoms with Crippen LogP contribution < -0.4 is 4.74 Å². The lowest BCUT2D eigenvalue weighted by Gasteiger charge is -2.41. The molecule has 1 unspecified atom stereocenters. The van der Waals surface area contributed by atoms with Gasteiger partial charge in [0, 0.05) is 0 Å². The van der Waals surface area contributed by atoms with Crippen LogP contribution in [0.3, 0.4) is 0 Å². The van der Waals surface area contributed by atoms with E-state index >= 15 is 8.78 Å². The van der Waals surface area contributed by atoms with Crippen molar-refractivity contribution in [3.05, 3.63) is 89.0 Å². The van der Waals surface area contributed by atoms with E-state index in [1.165, 1.54) is 31.4 Å². The van der Waals surface area contributed by atoms with E-state index in [-0.39, 0.29) is 18.1 Å². The fourth-order valence-electron chi connectivity index (χ4n) is 6.10. The molecule has 0 bridgehead atoms. The summed E-state index contributed by atoms with van der Waals surface area (Å²) in [5, 5.41) is 0. The summed E-state index contributed by atoms with van der Waals surface area (Å²) in [5.74, 6) is -1.93. The molecule has 0 heterocycles. The van der Waals surface area contributed by atoms with Crippen molar-refractivity contribution < 1.29 is 22.3 Å². The molecule has 5 heteroatoms. The normalized spacial score (nSPS) is 24.1. The van der Waals surface area contributed by atoms with E-state index in [2.05, 4.69) is 6.92 Å². The summed E-state index contributed by atoms with van der Waals surface area (Å²) in [6, 6.07) is 13.5. The number of halogens is 4. The van der Waals surface area contributed by atoms with Crippen LogP contribution in [0.5, 0.6) is 5.75 Å². The number of ether oxygens (including phenoxy) is 1. The molecule has 0 saturated heterocycles. The van der Waals surface area contributed by atoms with Crippen LogP contribution in [-0.2, 0) is 6.61 Å². The zero-order valence-corrected chi connectivity index (χ0v) is 19.9. The molecule has 0 aromatic heterocycles. The highest BCUT2D eigenvalue weighted by Crippen LogP contribution is 2.48. The number of hydrogen-bond donors (Lipinski definition) is 0. The summed E-state index contributed by atoms with van der Waals surface area (Å²) in [4.78, 5) is 0. The number of rotatable bonds is 5. The van der Waals surface area contributed by atoms with E-state index in [0.29, 0.717) is 11.5 Å². The van der Waals surface area contributed by atoms with Crippen molar-refractivity contribution in [2.75, 3.05) is 0 Å². The molecule has 0 spiro atoms. The third-order valence-electron chi connectivity index (χ3n) is 7.92. The largest absolute Gasteiger partial charge is 0.483 e. The number of hydrogen-bond acceptors (Lipinski definition) is 1. The highest BCUT2D eigenvalue weighted by atomic mass is 19.1. The Bertz CT molecular complexity index is 1150. The van der Waals surface area contributed by atoms with Gasteiger partial charge in [-0.25, -0.2) is 17.6 Å². The topological polar surface area (TPSA) is 9.23 Å². The first-order valence-electron chi connectivity index (χ1n) is 12.5. The Hall–Kier alpha value is -2.82. The summed E-state index contributed by atoms with van der Waals surface area (Å²) in [5.41, 5.74) is 0.796. The summed E-state index contributed by atoms with van der Waals surface area (Å²) in [6.07, 6.45) is 6.61. The second-order valence-electron chi connectivity index (χ2n) is 10.4. The van der Waals surface area contributed by atoms with Crippen LogP contribution in [0.15, 0.2) is 54.6 Å². The molecule has 5 rings (SSSR count). The van der Waals surface area contributed by atoms with Gasteiger partial charge >= 0.3 is 0 Å². The molecule has 2 fully saturated rings. The fraction of sp³-hybridized carbons (Fsp3) is 0.400. The van der Waals surface area contributed by atoms with Crippen LogP contribution in [0.2, 0.25) is 0 Å². The third kappa shape index (κ3) is 5.10. The second kappa shape index (κ2) is 10.0. The molecule has 35 heavy (non-hydrogen) atoms. The molecule has 3 aromatic carbocycles. The Kier molecular flexibility index (Phi) is 6.86. The predicted octanol–water partition coefficient (Wildman–Crippen LogP) is 8.81. The first kappa shape index (κ1) is 23.9. The summed E-state index contributed by atoms with van der Waals surface area (Å²) in [7, 11) is 0. The van der Waals surface area contributed by atoms with Crippen LogP contribution in [0, 0.1) is 41.0 Å². The maximum Gasteiger partial charge on any atom is 0.191 e. The Labute approximate surface area is 204 Å². The molecule has 0 amide bonds. The monoisotopic (exact) mass is 482 g/mol. The molecule has 2 aliphatic rings. The highest BCUT2D eigenvalue weighted by Gasteiger charge is 2.35. The minimum absolute atomic E-state index is 0.0202. The van der Waals surface area contributed by atoms with Gasteiger partial charge in [0.25, 0.3) is 0 Å². The predicted molar refractivity (Wildman–Crippen MR) is 129 cm³/mol. The molecule has 0 radical (unpaired) electrons. The molecule has 3 aromatic rings. The zero-order valence-electron chi connectivity index (χ0n) is 19.9. The number of fused-ring (bicyclic) bond motifs is 1. The Balaban J connectivity index is 1.36. The van der Waals surface area contributed by atoms with E-state index in [4.69, 9.17) is 4.74 Å². The molecule has 2 saturated carbocycles. The molecule has 184 valence electrons. The minimum atomic E-state index is -0.997. The number of benzene rings is 3. The van der Waals surface area contributed by atoms with Gasteiger partial charge in [-0.2, -0.15) is 0 Å². The van der Waals surface area contributed by atoms with Gasteiger partial charge in [-0.1, -0.05) is 43.7 Å². The SMILES string of the molecule is CC1CC[C@@H]2C[C@H](c3cc(F)c(-c4cc(F)c(OCc5ccccc5)c(F)c4)c(F)c3)CC[C@@H]2C1. The molecule has 2 aliphatic carbocycles. The van der Waals surface area contributed by atoms with Gasteiger partial charge in [0.2, 0.25) is 0 Å². The molecule has 1 nitrogen and oxygen atoms in total. The van der Waals surface area contributed by atoms with E-state index < -0.39 is 34.6 Å². The molecule has 4 atom stereocenters. The van der Waals surface area contributed by atoms with Crippen molar-refractivity contribution in [1.29, 1.82) is 0 Å². The van der Waals surface area contributed by atoms with Gasteiger partial charge in [0.05, 0.1) is 5.56 Å². The van der Waals surface area contributed by atoms with Gasteiger partial charge in [-0.05, 0) is 96.7 Å². The zero-order chi connectivity index (χ0) is 24.5. The summed E-state index contributed by atoms with van der Waals surface area (Å²) >= 11 is 0. The average Bonchev–Trinajstić information content (AvgIpc) is 2.83. The van der Waals surface area contributed by atoms with Gasteiger partial charge in [0.1, 0.15) is 18.2 Å². The van der Waals surface area contributed by atoms with Crippen molar-refractivity contribution in [1.82, 2.24) is 0 Å². The molecule has 0 aliphatic heterocycles. The maximum atomic E-state index is 15.2. The minimum Gasteiger partial charge on any atom is -0.483 e. The van der Waals surface area contributed by atoms with Crippen molar-refractivity contribution in [2.24, 2.45) is 17.8 Å². The van der Waals surface area contributed by atoms with Crippen molar-refractivity contribution in [3.63, 3.8) is 0 Å². The quantitative estimate of drug-likeness (QED) is 0.330. The van der Waals surface area contributed by atoms with Gasteiger partial charge in [0.15, 0.2) is 17.4 Å². The molecule has 0 N–H and O–H groups in total. The first-order valence-corrected chi connectivity index (χ1v) is 12.5. The van der Waals surface area contributed by atoms with Crippen LogP contribution in [0.1, 0.15) is 62.5 Å². The van der Waals surface area contributed by atoms with Crippen LogP contribution in [0.4, 0.5) is 17.6 Å². The highest BCUT2D eigenvalue weighted by molar-refractivity contribution is 5.66. The van der Waals surface area contributed by atoms with Gasteiger partial charge in [-0.3, -0.25) is 0 Å². The first-order chi connectivity index (χ1) is 16.9. The summed E-state index contributed by atoms with van der Waals surface area (Å²) < 4.78 is 65.0. The van der Waals surface area contributed by atoms with Crippen LogP contribution in [-0.4, -0.2) is 0 Å². The van der Waals surface area contributed by atoms with Crippen molar-refractivity contribution in [2.45, 2.75) is 58.0 Å². The molecular formula is C30H30F4O. The molecular weight excluding hydrogens is 452 g/mol. The lowest BCUT2D eigenvalue weighted by atomic mass is 9.64. The van der Waals surface area contributed by atoms with Crippen LogP contribution >= 0.6 is 0 Å².